The van der Waals surface area contributed by atoms with Gasteiger partial charge in [0, 0.05) is 80.6 Å². The van der Waals surface area contributed by atoms with Crippen LogP contribution in [0.4, 0.5) is 15.8 Å². The summed E-state index contributed by atoms with van der Waals surface area (Å²) >= 11 is 0. The van der Waals surface area contributed by atoms with Crippen LogP contribution in [-0.4, -0.2) is 126 Å². The molecule has 0 saturated carbocycles. The first-order valence-corrected chi connectivity index (χ1v) is 19.5. The monoisotopic (exact) mass is 795 g/mol. The van der Waals surface area contributed by atoms with E-state index < -0.39 is 35.5 Å². The van der Waals surface area contributed by atoms with Crippen LogP contribution in [0, 0.1) is 19.7 Å². The molecule has 7 rings (SSSR count). The first kappa shape index (κ1) is 40.0. The van der Waals surface area contributed by atoms with Gasteiger partial charge in [0.1, 0.15) is 11.9 Å². The lowest BCUT2D eigenvalue weighted by molar-refractivity contribution is -0.136. The number of rotatable bonds is 14. The Balaban J connectivity index is 0.784. The number of aromatic nitrogens is 1. The van der Waals surface area contributed by atoms with Crippen LogP contribution >= 0.6 is 0 Å². The summed E-state index contributed by atoms with van der Waals surface area (Å²) in [5, 5.41) is 14.1. The summed E-state index contributed by atoms with van der Waals surface area (Å²) < 4.78 is 13.9. The first-order valence-electron chi connectivity index (χ1n) is 19.5. The van der Waals surface area contributed by atoms with E-state index in [9.17, 15) is 38.0 Å². The number of amides is 7. The maximum atomic E-state index is 13.9. The Morgan fingerprint density at radius 1 is 0.879 bits per heavy atom. The molecule has 2 saturated heterocycles. The molecule has 0 spiro atoms. The number of halogens is 1. The first-order chi connectivity index (χ1) is 27.9. The van der Waals surface area contributed by atoms with Crippen molar-refractivity contribution in [2.24, 2.45) is 0 Å². The van der Waals surface area contributed by atoms with Crippen LogP contribution in [0.2, 0.25) is 0 Å². The summed E-state index contributed by atoms with van der Waals surface area (Å²) in [5.41, 5.74) is 4.71. The highest BCUT2D eigenvalue weighted by molar-refractivity contribution is 6.35. The van der Waals surface area contributed by atoms with Crippen molar-refractivity contribution in [3.8, 4) is 0 Å². The number of nitrogens with one attached hydrogen (secondary N) is 6. The Labute approximate surface area is 333 Å². The SMILES string of the molecule is Cc1[nH]c(/C=C2\C(=O)Nc3ccc(F)cc32)c(C)c1C(=O)NCCCN1CCN(CC(=O)NCCCNc2cccc3c2C(=O)N(C2CCC(=O)NC2=O)C3=O)CC1. The van der Waals surface area contributed by atoms with Crippen molar-refractivity contribution in [1.29, 1.82) is 0 Å². The maximum Gasteiger partial charge on any atom is 0.264 e. The molecule has 58 heavy (non-hydrogen) atoms. The molecule has 0 aliphatic carbocycles. The van der Waals surface area contributed by atoms with Crippen molar-refractivity contribution in [3.63, 3.8) is 0 Å². The van der Waals surface area contributed by atoms with E-state index in [1.165, 1.54) is 18.2 Å². The molecule has 304 valence electrons. The smallest absolute Gasteiger partial charge is 0.264 e. The number of H-pyrrole nitrogens is 1. The number of hydrogen-bond donors (Lipinski definition) is 6. The standard InChI is InChI=1S/C41H46FN9O7/c1-23-31(21-28-27-20-25(42)8-9-29(27)47-37(28)54)46-24(2)35(23)39(56)45-14-5-15-49-16-18-50(19-17-49)22-34(53)44-13-4-12-43-30-7-3-6-26-36(30)41(58)51(40(26)57)32-10-11-33(52)48-38(32)55/h3,6-9,20-21,32,43,46H,4-5,10-19,22H2,1-2H3,(H,44,53)(H,45,56)(H,47,54)(H,48,52,55)/b28-21-. The molecular weight excluding hydrogens is 750 g/mol. The van der Waals surface area contributed by atoms with E-state index in [0.717, 1.165) is 44.0 Å². The minimum absolute atomic E-state index is 0.0475. The topological polar surface area (TPSA) is 205 Å². The van der Waals surface area contributed by atoms with Gasteiger partial charge in [0.2, 0.25) is 17.7 Å². The Hall–Kier alpha value is -6.20. The zero-order chi connectivity index (χ0) is 41.1. The molecule has 6 N–H and O–H groups in total. The number of aromatic amines is 1. The Morgan fingerprint density at radius 3 is 2.41 bits per heavy atom. The van der Waals surface area contributed by atoms with Gasteiger partial charge in [-0.15, -0.1) is 0 Å². The Kier molecular flexibility index (Phi) is 11.8. The van der Waals surface area contributed by atoms with Crippen molar-refractivity contribution >= 4 is 64.4 Å². The molecule has 1 unspecified atom stereocenters. The molecular formula is C41H46FN9O7. The number of carbonyl (C=O) groups is 7. The second kappa shape index (κ2) is 17.1. The minimum atomic E-state index is -1.04. The number of carbonyl (C=O) groups excluding carboxylic acids is 7. The predicted molar refractivity (Wildman–Crippen MR) is 212 cm³/mol. The second-order valence-corrected chi connectivity index (χ2v) is 14.9. The molecule has 7 amide bonds. The number of fused-ring (bicyclic) bond motifs is 2. The number of anilines is 2. The zero-order valence-electron chi connectivity index (χ0n) is 32.4. The highest BCUT2D eigenvalue weighted by atomic mass is 19.1. The molecule has 0 bridgehead atoms. The van der Waals surface area contributed by atoms with E-state index in [1.54, 1.807) is 31.2 Å². The summed E-state index contributed by atoms with van der Waals surface area (Å²) in [4.78, 5) is 97.3. The third kappa shape index (κ3) is 8.40. The lowest BCUT2D eigenvalue weighted by Crippen LogP contribution is -2.54. The molecule has 0 radical (unpaired) electrons. The molecule has 4 aliphatic rings. The average molecular weight is 796 g/mol. The Bertz CT molecular complexity index is 2230. The molecule has 1 aromatic heterocycles. The number of nitrogens with zero attached hydrogens (tertiary/aromatic N) is 3. The fourth-order valence-electron chi connectivity index (χ4n) is 7.93. The summed E-state index contributed by atoms with van der Waals surface area (Å²) in [6.07, 6.45) is 3.09. The van der Waals surface area contributed by atoms with Crippen LogP contribution < -0.4 is 26.6 Å². The fourth-order valence-corrected chi connectivity index (χ4v) is 7.93. The van der Waals surface area contributed by atoms with Gasteiger partial charge >= 0.3 is 0 Å². The predicted octanol–water partition coefficient (Wildman–Crippen LogP) is 2.02. The van der Waals surface area contributed by atoms with Crippen molar-refractivity contribution < 1.29 is 38.0 Å². The molecule has 2 fully saturated rings. The third-order valence-electron chi connectivity index (χ3n) is 11.0. The van der Waals surface area contributed by atoms with Gasteiger partial charge in [-0.05, 0) is 81.6 Å². The van der Waals surface area contributed by atoms with E-state index in [0.29, 0.717) is 71.1 Å². The van der Waals surface area contributed by atoms with Crippen LogP contribution in [-0.2, 0) is 19.2 Å². The van der Waals surface area contributed by atoms with E-state index >= 15 is 0 Å². The van der Waals surface area contributed by atoms with Crippen molar-refractivity contribution in [3.05, 3.63) is 81.4 Å². The molecule has 2 aromatic carbocycles. The van der Waals surface area contributed by atoms with Crippen molar-refractivity contribution in [1.82, 2.24) is 35.6 Å². The second-order valence-electron chi connectivity index (χ2n) is 14.9. The van der Waals surface area contributed by atoms with Crippen molar-refractivity contribution in [2.45, 2.75) is 45.6 Å². The molecule has 3 aromatic rings. The lowest BCUT2D eigenvalue weighted by Gasteiger charge is -2.34. The number of piperidine rings is 1. The summed E-state index contributed by atoms with van der Waals surface area (Å²) in [5.74, 6) is -3.30. The molecule has 1 atom stereocenters. The zero-order valence-corrected chi connectivity index (χ0v) is 32.4. The largest absolute Gasteiger partial charge is 0.384 e. The summed E-state index contributed by atoms with van der Waals surface area (Å²) in [6.45, 7) is 9.06. The van der Waals surface area contributed by atoms with Gasteiger partial charge < -0.3 is 31.2 Å². The van der Waals surface area contributed by atoms with Gasteiger partial charge in [-0.2, -0.15) is 0 Å². The molecule has 4 aliphatic heterocycles. The number of piperazine rings is 1. The summed E-state index contributed by atoms with van der Waals surface area (Å²) in [6, 6.07) is 8.00. The van der Waals surface area contributed by atoms with Gasteiger partial charge in [-0.1, -0.05) is 6.07 Å². The lowest BCUT2D eigenvalue weighted by atomic mass is 10.0. The van der Waals surface area contributed by atoms with Gasteiger partial charge in [0.25, 0.3) is 23.6 Å². The minimum Gasteiger partial charge on any atom is -0.384 e. The number of imide groups is 2. The van der Waals surface area contributed by atoms with Gasteiger partial charge in [-0.3, -0.25) is 48.7 Å². The van der Waals surface area contributed by atoms with E-state index in [1.807, 2.05) is 6.92 Å². The number of hydrogen-bond acceptors (Lipinski definition) is 10. The van der Waals surface area contributed by atoms with Crippen LogP contribution in [0.25, 0.3) is 11.6 Å². The number of benzene rings is 2. The third-order valence-corrected chi connectivity index (χ3v) is 11.0. The van der Waals surface area contributed by atoms with Gasteiger partial charge in [0.15, 0.2) is 0 Å². The van der Waals surface area contributed by atoms with Crippen LogP contribution in [0.1, 0.15) is 79.3 Å². The summed E-state index contributed by atoms with van der Waals surface area (Å²) in [7, 11) is 0. The van der Waals surface area contributed by atoms with Gasteiger partial charge in [-0.25, -0.2) is 4.39 Å². The van der Waals surface area contributed by atoms with Gasteiger partial charge in [0.05, 0.1) is 28.8 Å². The highest BCUT2D eigenvalue weighted by Crippen LogP contribution is 2.35. The normalized spacial score (nSPS) is 18.9. The van der Waals surface area contributed by atoms with E-state index in [-0.39, 0.29) is 48.2 Å². The molecule has 16 nitrogen and oxygen atoms in total. The average Bonchev–Trinajstić information content (AvgIpc) is 3.76. The molecule has 17 heteroatoms. The number of aryl methyl sites for hydroxylation is 1. The van der Waals surface area contributed by atoms with Crippen molar-refractivity contribution in [2.75, 3.05) is 69.5 Å². The highest BCUT2D eigenvalue weighted by Gasteiger charge is 2.45. The Morgan fingerprint density at radius 2 is 1.64 bits per heavy atom. The van der Waals surface area contributed by atoms with E-state index in [2.05, 4.69) is 41.4 Å². The quantitative estimate of drug-likeness (QED) is 0.0796. The van der Waals surface area contributed by atoms with Crippen LogP contribution in [0.5, 0.6) is 0 Å². The maximum absolute atomic E-state index is 13.9. The molecule has 5 heterocycles. The van der Waals surface area contributed by atoms with E-state index in [4.69, 9.17) is 0 Å². The fraction of sp³-hybridized carbons (Fsp3) is 0.390. The van der Waals surface area contributed by atoms with Crippen LogP contribution in [0.3, 0.4) is 0 Å². The van der Waals surface area contributed by atoms with Crippen LogP contribution in [0.15, 0.2) is 36.4 Å².